The van der Waals surface area contributed by atoms with Crippen LogP contribution in [0.3, 0.4) is 0 Å². The first-order chi connectivity index (χ1) is 17.1. The van der Waals surface area contributed by atoms with Gasteiger partial charge >= 0.3 is 6.03 Å². The zero-order valence-corrected chi connectivity index (χ0v) is 19.3. The number of urea groups is 1. The summed E-state index contributed by atoms with van der Waals surface area (Å²) in [5, 5.41) is 3.02. The number of carbonyl (C=O) groups excluding carboxylic acids is 2. The SMILES string of the molecule is C=CCN1C(=O)N[C@H](c2cccc(OCc3ccccc3)c2)C2=C1CN(Cc1ccncc1)C2=O. The Balaban J connectivity index is 1.43. The van der Waals surface area contributed by atoms with Crippen molar-refractivity contribution < 1.29 is 14.3 Å². The highest BCUT2D eigenvalue weighted by Crippen LogP contribution is 2.37. The first-order valence-electron chi connectivity index (χ1n) is 11.5. The highest BCUT2D eigenvalue weighted by molar-refractivity contribution is 6.01. The molecule has 3 amide bonds. The Labute approximate surface area is 204 Å². The Morgan fingerprint density at radius 3 is 2.60 bits per heavy atom. The Morgan fingerprint density at radius 2 is 1.83 bits per heavy atom. The molecule has 7 heteroatoms. The fourth-order valence-corrected chi connectivity index (χ4v) is 4.48. The van der Waals surface area contributed by atoms with Gasteiger partial charge in [-0.1, -0.05) is 48.5 Å². The van der Waals surface area contributed by atoms with Gasteiger partial charge in [-0.2, -0.15) is 0 Å². The molecule has 0 radical (unpaired) electrons. The molecule has 3 heterocycles. The summed E-state index contributed by atoms with van der Waals surface area (Å²) >= 11 is 0. The van der Waals surface area contributed by atoms with Crippen LogP contribution in [-0.4, -0.2) is 39.8 Å². The number of aromatic nitrogens is 1. The monoisotopic (exact) mass is 466 g/mol. The maximum atomic E-state index is 13.6. The summed E-state index contributed by atoms with van der Waals surface area (Å²) in [6.07, 6.45) is 5.09. The van der Waals surface area contributed by atoms with E-state index in [1.54, 1.807) is 28.3 Å². The molecule has 1 aromatic heterocycles. The minimum absolute atomic E-state index is 0.0912. The van der Waals surface area contributed by atoms with Gasteiger partial charge in [-0.05, 0) is 41.0 Å². The fraction of sp³-hybridized carbons (Fsp3) is 0.179. The number of benzene rings is 2. The van der Waals surface area contributed by atoms with Crippen molar-refractivity contribution in [1.29, 1.82) is 0 Å². The molecule has 0 saturated carbocycles. The van der Waals surface area contributed by atoms with Gasteiger partial charge in [-0.15, -0.1) is 6.58 Å². The molecule has 0 fully saturated rings. The van der Waals surface area contributed by atoms with E-state index >= 15 is 0 Å². The molecular weight excluding hydrogens is 440 g/mol. The van der Waals surface area contributed by atoms with Gasteiger partial charge in [0.1, 0.15) is 12.4 Å². The van der Waals surface area contributed by atoms with Crippen LogP contribution in [0, 0.1) is 0 Å². The van der Waals surface area contributed by atoms with Crippen LogP contribution in [0.1, 0.15) is 22.7 Å². The van der Waals surface area contributed by atoms with E-state index < -0.39 is 6.04 Å². The zero-order valence-electron chi connectivity index (χ0n) is 19.3. The molecule has 1 atom stereocenters. The molecule has 176 valence electrons. The summed E-state index contributed by atoms with van der Waals surface area (Å²) in [4.78, 5) is 34.1. The summed E-state index contributed by atoms with van der Waals surface area (Å²) in [6, 6.07) is 20.4. The molecule has 2 aliphatic heterocycles. The highest BCUT2D eigenvalue weighted by atomic mass is 16.5. The van der Waals surface area contributed by atoms with E-state index in [2.05, 4.69) is 16.9 Å². The van der Waals surface area contributed by atoms with Crippen LogP contribution in [-0.2, 0) is 17.9 Å². The maximum Gasteiger partial charge on any atom is 0.322 e. The van der Waals surface area contributed by atoms with Crippen LogP contribution in [0.4, 0.5) is 4.79 Å². The average Bonchev–Trinajstić information content (AvgIpc) is 3.21. The topological polar surface area (TPSA) is 74.8 Å². The van der Waals surface area contributed by atoms with Crippen molar-refractivity contribution in [2.24, 2.45) is 0 Å². The first kappa shape index (κ1) is 22.4. The summed E-state index contributed by atoms with van der Waals surface area (Å²) in [7, 11) is 0. The molecule has 1 N–H and O–H groups in total. The lowest BCUT2D eigenvalue weighted by molar-refractivity contribution is -0.126. The van der Waals surface area contributed by atoms with E-state index in [4.69, 9.17) is 4.74 Å². The van der Waals surface area contributed by atoms with Crippen molar-refractivity contribution >= 4 is 11.9 Å². The number of hydrogen-bond donors (Lipinski definition) is 1. The van der Waals surface area contributed by atoms with Crippen molar-refractivity contribution in [1.82, 2.24) is 20.1 Å². The quantitative estimate of drug-likeness (QED) is 0.505. The molecule has 35 heavy (non-hydrogen) atoms. The summed E-state index contributed by atoms with van der Waals surface area (Å²) in [5.41, 5.74) is 4.14. The highest BCUT2D eigenvalue weighted by Gasteiger charge is 2.43. The lowest BCUT2D eigenvalue weighted by atomic mass is 9.95. The molecule has 7 nitrogen and oxygen atoms in total. The van der Waals surface area contributed by atoms with Gasteiger partial charge in [0.05, 0.1) is 23.9 Å². The largest absolute Gasteiger partial charge is 0.489 e. The van der Waals surface area contributed by atoms with Crippen molar-refractivity contribution in [2.45, 2.75) is 19.2 Å². The number of amides is 3. The summed E-state index contributed by atoms with van der Waals surface area (Å²) < 4.78 is 5.99. The van der Waals surface area contributed by atoms with Crippen LogP contribution in [0.2, 0.25) is 0 Å². The smallest absolute Gasteiger partial charge is 0.322 e. The van der Waals surface area contributed by atoms with E-state index in [0.29, 0.717) is 43.3 Å². The number of carbonyl (C=O) groups is 2. The predicted octanol–water partition coefficient (Wildman–Crippen LogP) is 4.21. The third kappa shape index (κ3) is 4.66. The van der Waals surface area contributed by atoms with Crippen LogP contribution in [0.15, 0.2) is 103 Å². The van der Waals surface area contributed by atoms with Gasteiger partial charge in [-0.25, -0.2) is 4.79 Å². The molecule has 2 aromatic carbocycles. The van der Waals surface area contributed by atoms with E-state index in [0.717, 1.165) is 16.7 Å². The van der Waals surface area contributed by atoms with Crippen LogP contribution >= 0.6 is 0 Å². The number of hydrogen-bond acceptors (Lipinski definition) is 4. The van der Waals surface area contributed by atoms with E-state index in [9.17, 15) is 9.59 Å². The van der Waals surface area contributed by atoms with Crippen LogP contribution in [0.25, 0.3) is 0 Å². The van der Waals surface area contributed by atoms with E-state index in [1.165, 1.54) is 0 Å². The zero-order chi connectivity index (χ0) is 24.2. The second kappa shape index (κ2) is 9.85. The normalized spacial score (nSPS) is 17.3. The Kier molecular flexibility index (Phi) is 6.30. The number of ether oxygens (including phenoxy) is 1. The number of nitrogens with one attached hydrogen (secondary N) is 1. The van der Waals surface area contributed by atoms with Gasteiger partial charge < -0.3 is 15.0 Å². The van der Waals surface area contributed by atoms with Crippen molar-refractivity contribution in [3.8, 4) is 5.75 Å². The molecule has 5 rings (SSSR count). The minimum atomic E-state index is -0.561. The standard InChI is InChI=1S/C28H26N4O3/c1-2-15-32-24-18-31(17-20-11-13-29-14-12-20)27(33)25(24)26(30-28(32)34)22-9-6-10-23(16-22)35-19-21-7-4-3-5-8-21/h2-14,16,26H,1,15,17-19H2,(H,30,34)/t26-/m1/s1. The van der Waals surface area contributed by atoms with Crippen molar-refractivity contribution in [3.05, 3.63) is 120 Å². The van der Waals surface area contributed by atoms with Crippen molar-refractivity contribution in [3.63, 3.8) is 0 Å². The van der Waals surface area contributed by atoms with Crippen LogP contribution < -0.4 is 10.1 Å². The summed E-state index contributed by atoms with van der Waals surface area (Å²) in [6.45, 7) is 5.34. The fourth-order valence-electron chi connectivity index (χ4n) is 4.48. The second-order valence-electron chi connectivity index (χ2n) is 8.51. The molecule has 3 aromatic rings. The molecule has 0 bridgehead atoms. The van der Waals surface area contributed by atoms with E-state index in [1.807, 2.05) is 66.7 Å². The average molecular weight is 467 g/mol. The lowest BCUT2D eigenvalue weighted by Crippen LogP contribution is -2.47. The van der Waals surface area contributed by atoms with Gasteiger partial charge in [0, 0.05) is 25.5 Å². The number of rotatable bonds is 8. The Morgan fingerprint density at radius 1 is 1.03 bits per heavy atom. The maximum absolute atomic E-state index is 13.6. The van der Waals surface area contributed by atoms with Gasteiger partial charge in [-0.3, -0.25) is 14.7 Å². The van der Waals surface area contributed by atoms with E-state index in [-0.39, 0.29) is 11.9 Å². The Bertz CT molecular complexity index is 1270. The minimum Gasteiger partial charge on any atom is -0.489 e. The third-order valence-electron chi connectivity index (χ3n) is 6.17. The number of nitrogens with zero attached hydrogens (tertiary/aromatic N) is 3. The molecule has 0 aliphatic carbocycles. The summed E-state index contributed by atoms with van der Waals surface area (Å²) in [5.74, 6) is 0.585. The first-order valence-corrected chi connectivity index (χ1v) is 11.5. The third-order valence-corrected chi connectivity index (χ3v) is 6.17. The predicted molar refractivity (Wildman–Crippen MR) is 132 cm³/mol. The Hall–Kier alpha value is -4.39. The molecule has 0 unspecified atom stereocenters. The molecule has 0 spiro atoms. The lowest BCUT2D eigenvalue weighted by Gasteiger charge is -2.33. The van der Waals surface area contributed by atoms with Gasteiger partial charge in [0.25, 0.3) is 5.91 Å². The van der Waals surface area contributed by atoms with Crippen molar-refractivity contribution in [2.75, 3.05) is 13.1 Å². The number of pyridine rings is 1. The second-order valence-corrected chi connectivity index (χ2v) is 8.51. The van der Waals surface area contributed by atoms with Crippen LogP contribution in [0.5, 0.6) is 5.75 Å². The molecule has 0 saturated heterocycles. The van der Waals surface area contributed by atoms with Gasteiger partial charge in [0.15, 0.2) is 0 Å². The molecular formula is C28H26N4O3. The van der Waals surface area contributed by atoms with Gasteiger partial charge in [0.2, 0.25) is 0 Å². The molecule has 2 aliphatic rings.